The number of allylic oxidation sites excluding steroid dienone is 2. The lowest BCUT2D eigenvalue weighted by atomic mass is 10.1. The molecular formula is C16H30O2. The van der Waals surface area contributed by atoms with Gasteiger partial charge in [0.1, 0.15) is 12.5 Å². The van der Waals surface area contributed by atoms with E-state index in [1.807, 2.05) is 12.2 Å². The van der Waals surface area contributed by atoms with Crippen molar-refractivity contribution in [2.24, 2.45) is 0 Å². The molecule has 0 saturated heterocycles. The molecule has 0 atom stereocenters. The molecule has 0 amide bonds. The van der Waals surface area contributed by atoms with Gasteiger partial charge in [-0.15, -0.1) is 0 Å². The van der Waals surface area contributed by atoms with E-state index in [0.717, 1.165) is 12.8 Å². The second-order valence-corrected chi connectivity index (χ2v) is 4.63. The van der Waals surface area contributed by atoms with Crippen LogP contribution in [0.15, 0.2) is 24.7 Å². The summed E-state index contributed by atoms with van der Waals surface area (Å²) in [6.07, 6.45) is 19.8. The molecule has 0 aromatic carbocycles. The van der Waals surface area contributed by atoms with E-state index in [4.69, 9.17) is 9.78 Å². The van der Waals surface area contributed by atoms with Gasteiger partial charge in [-0.2, -0.15) is 0 Å². The lowest BCUT2D eigenvalue weighted by Crippen LogP contribution is -1.79. The van der Waals surface area contributed by atoms with Crippen LogP contribution in [-0.2, 0) is 9.78 Å². The minimum absolute atomic E-state index is 1.07. The van der Waals surface area contributed by atoms with Crippen LogP contribution in [0.4, 0.5) is 0 Å². The van der Waals surface area contributed by atoms with E-state index in [-0.39, 0.29) is 0 Å². The summed E-state index contributed by atoms with van der Waals surface area (Å²) in [7, 11) is 0. The zero-order chi connectivity index (χ0) is 13.3. The standard InChI is InChI=1S/C16H30O2/c1-3-5-7-9-11-13-15-17-18-16-14-12-10-8-6-4-2/h13-16H,3-12H2,1-2H3. The Morgan fingerprint density at radius 3 is 1.44 bits per heavy atom. The molecule has 0 aromatic heterocycles. The summed E-state index contributed by atoms with van der Waals surface area (Å²) in [6, 6.07) is 0. The fourth-order valence-electron chi connectivity index (χ4n) is 1.66. The highest BCUT2D eigenvalue weighted by Crippen LogP contribution is 2.04. The van der Waals surface area contributed by atoms with Crippen LogP contribution >= 0.6 is 0 Å². The molecular weight excluding hydrogens is 224 g/mol. The van der Waals surface area contributed by atoms with Crippen molar-refractivity contribution in [1.82, 2.24) is 0 Å². The molecule has 0 bridgehead atoms. The van der Waals surface area contributed by atoms with Gasteiger partial charge < -0.3 is 0 Å². The Balaban J connectivity index is 3.13. The lowest BCUT2D eigenvalue weighted by molar-refractivity contribution is -0.196. The van der Waals surface area contributed by atoms with Crippen LogP contribution in [0.1, 0.15) is 78.1 Å². The van der Waals surface area contributed by atoms with Crippen LogP contribution in [0.25, 0.3) is 0 Å². The fraction of sp³-hybridized carbons (Fsp3) is 0.750. The van der Waals surface area contributed by atoms with Gasteiger partial charge >= 0.3 is 0 Å². The summed E-state index contributed by atoms with van der Waals surface area (Å²) in [5.74, 6) is 0. The minimum Gasteiger partial charge on any atom is -0.299 e. The predicted molar refractivity (Wildman–Crippen MR) is 78.0 cm³/mol. The predicted octanol–water partition coefficient (Wildman–Crippen LogP) is 5.90. The molecule has 0 aliphatic rings. The number of unbranched alkanes of at least 4 members (excludes halogenated alkanes) is 8. The van der Waals surface area contributed by atoms with Crippen molar-refractivity contribution in [2.45, 2.75) is 78.1 Å². The van der Waals surface area contributed by atoms with Crippen molar-refractivity contribution in [2.75, 3.05) is 0 Å². The molecule has 18 heavy (non-hydrogen) atoms. The fourth-order valence-corrected chi connectivity index (χ4v) is 1.66. The Morgan fingerprint density at radius 2 is 1.06 bits per heavy atom. The van der Waals surface area contributed by atoms with Crippen LogP contribution in [0.3, 0.4) is 0 Å². The average Bonchev–Trinajstić information content (AvgIpc) is 2.39. The summed E-state index contributed by atoms with van der Waals surface area (Å²) >= 11 is 0. The van der Waals surface area contributed by atoms with E-state index in [1.54, 1.807) is 12.5 Å². The molecule has 0 aliphatic carbocycles. The van der Waals surface area contributed by atoms with E-state index >= 15 is 0 Å². The van der Waals surface area contributed by atoms with Gasteiger partial charge in [-0.1, -0.05) is 52.4 Å². The first-order valence-electron chi connectivity index (χ1n) is 7.54. The zero-order valence-electron chi connectivity index (χ0n) is 12.2. The molecule has 0 radical (unpaired) electrons. The molecule has 0 spiro atoms. The van der Waals surface area contributed by atoms with Crippen LogP contribution < -0.4 is 0 Å². The molecule has 106 valence electrons. The first-order chi connectivity index (χ1) is 8.91. The van der Waals surface area contributed by atoms with Gasteiger partial charge in [-0.05, 0) is 37.8 Å². The average molecular weight is 254 g/mol. The molecule has 0 heterocycles. The van der Waals surface area contributed by atoms with Crippen LogP contribution in [-0.4, -0.2) is 0 Å². The third-order valence-electron chi connectivity index (χ3n) is 2.81. The van der Waals surface area contributed by atoms with E-state index in [0.29, 0.717) is 0 Å². The monoisotopic (exact) mass is 254 g/mol. The molecule has 0 aliphatic heterocycles. The van der Waals surface area contributed by atoms with Gasteiger partial charge in [-0.25, -0.2) is 0 Å². The Hall–Kier alpha value is -0.920. The van der Waals surface area contributed by atoms with E-state index < -0.39 is 0 Å². The number of hydrogen-bond donors (Lipinski definition) is 0. The quantitative estimate of drug-likeness (QED) is 0.176. The first-order valence-corrected chi connectivity index (χ1v) is 7.54. The van der Waals surface area contributed by atoms with Gasteiger partial charge in [-0.3, -0.25) is 9.78 Å². The van der Waals surface area contributed by atoms with Gasteiger partial charge in [0, 0.05) is 0 Å². The van der Waals surface area contributed by atoms with E-state index in [9.17, 15) is 0 Å². The molecule has 2 heteroatoms. The second-order valence-electron chi connectivity index (χ2n) is 4.63. The maximum absolute atomic E-state index is 4.90. The Kier molecular flexibility index (Phi) is 15.3. The SMILES string of the molecule is CCCCCCC=COOC=CCCCCCC. The summed E-state index contributed by atoms with van der Waals surface area (Å²) in [5.41, 5.74) is 0. The minimum atomic E-state index is 1.07. The summed E-state index contributed by atoms with van der Waals surface area (Å²) in [6.45, 7) is 4.45. The summed E-state index contributed by atoms with van der Waals surface area (Å²) < 4.78 is 0. The number of rotatable bonds is 13. The first kappa shape index (κ1) is 17.1. The smallest absolute Gasteiger partial charge is 0.138 e. The summed E-state index contributed by atoms with van der Waals surface area (Å²) in [5, 5.41) is 0. The van der Waals surface area contributed by atoms with E-state index in [2.05, 4.69) is 13.8 Å². The zero-order valence-corrected chi connectivity index (χ0v) is 12.2. The van der Waals surface area contributed by atoms with Crippen molar-refractivity contribution in [1.29, 1.82) is 0 Å². The molecule has 0 N–H and O–H groups in total. The maximum Gasteiger partial charge on any atom is 0.138 e. The van der Waals surface area contributed by atoms with Crippen molar-refractivity contribution in [3.05, 3.63) is 24.7 Å². The molecule has 0 saturated carbocycles. The third-order valence-corrected chi connectivity index (χ3v) is 2.81. The van der Waals surface area contributed by atoms with Crippen molar-refractivity contribution in [3.8, 4) is 0 Å². The molecule has 0 unspecified atom stereocenters. The topological polar surface area (TPSA) is 18.5 Å². The Bertz CT molecular complexity index is 175. The van der Waals surface area contributed by atoms with Crippen molar-refractivity contribution in [3.63, 3.8) is 0 Å². The molecule has 0 rings (SSSR count). The summed E-state index contributed by atoms with van der Waals surface area (Å²) in [4.78, 5) is 9.80. The van der Waals surface area contributed by atoms with Gasteiger partial charge in [0.2, 0.25) is 0 Å². The highest BCUT2D eigenvalue weighted by molar-refractivity contribution is 4.74. The Morgan fingerprint density at radius 1 is 0.611 bits per heavy atom. The third kappa shape index (κ3) is 15.1. The highest BCUT2D eigenvalue weighted by atomic mass is 17.2. The second kappa shape index (κ2) is 16.1. The number of hydrogen-bond acceptors (Lipinski definition) is 2. The lowest BCUT2D eigenvalue weighted by Gasteiger charge is -1.96. The molecule has 2 nitrogen and oxygen atoms in total. The van der Waals surface area contributed by atoms with Gasteiger partial charge in [0.15, 0.2) is 0 Å². The molecule has 0 fully saturated rings. The van der Waals surface area contributed by atoms with Crippen LogP contribution in [0.2, 0.25) is 0 Å². The Labute approximate surface area is 113 Å². The van der Waals surface area contributed by atoms with Crippen molar-refractivity contribution >= 4 is 0 Å². The van der Waals surface area contributed by atoms with Crippen LogP contribution in [0.5, 0.6) is 0 Å². The van der Waals surface area contributed by atoms with Crippen molar-refractivity contribution < 1.29 is 9.78 Å². The normalized spacial score (nSPS) is 11.4. The highest BCUT2D eigenvalue weighted by Gasteiger charge is 1.85. The maximum atomic E-state index is 4.90. The largest absolute Gasteiger partial charge is 0.299 e. The van der Waals surface area contributed by atoms with Crippen LogP contribution in [0, 0.1) is 0 Å². The van der Waals surface area contributed by atoms with Gasteiger partial charge in [0.25, 0.3) is 0 Å². The molecule has 0 aromatic rings. The van der Waals surface area contributed by atoms with E-state index in [1.165, 1.54) is 51.4 Å². The van der Waals surface area contributed by atoms with Gasteiger partial charge in [0.05, 0.1) is 0 Å².